The Balaban J connectivity index is 2.25. The summed E-state index contributed by atoms with van der Waals surface area (Å²) in [5.74, 6) is -0.808. The molecule has 24 heavy (non-hydrogen) atoms. The van der Waals surface area contributed by atoms with Gasteiger partial charge in [-0.25, -0.2) is 4.79 Å². The van der Waals surface area contributed by atoms with Crippen LogP contribution in [0.2, 0.25) is 0 Å². The van der Waals surface area contributed by atoms with Gasteiger partial charge in [0.2, 0.25) is 5.91 Å². The monoisotopic (exact) mass is 352 g/mol. The first-order valence-electron chi connectivity index (χ1n) is 8.39. The average Bonchev–Trinajstić information content (AvgIpc) is 3.33. The molecule has 2 N–H and O–H groups in total. The van der Waals surface area contributed by atoms with Crippen LogP contribution in [0.3, 0.4) is 0 Å². The standard InChI is InChI=1S/C17H24N2O4S/c1-4-6-9-18-15(21)13-10(3)12(17(22)23-5-2)16(24-13)19-14(20)11-7-8-11/h11H,4-9H2,1-3H3,(H,18,21)(H,19,20). The van der Waals surface area contributed by atoms with E-state index in [0.717, 1.165) is 37.0 Å². The fourth-order valence-corrected chi connectivity index (χ4v) is 3.40. The fourth-order valence-electron chi connectivity index (χ4n) is 2.29. The number of hydrogen-bond donors (Lipinski definition) is 2. The second-order valence-corrected chi connectivity index (χ2v) is 6.87. The summed E-state index contributed by atoms with van der Waals surface area (Å²) in [5, 5.41) is 6.05. The van der Waals surface area contributed by atoms with E-state index >= 15 is 0 Å². The van der Waals surface area contributed by atoms with Crippen LogP contribution in [0.1, 0.15) is 65.1 Å². The third-order valence-corrected chi connectivity index (χ3v) is 5.04. The van der Waals surface area contributed by atoms with E-state index < -0.39 is 5.97 Å². The van der Waals surface area contributed by atoms with Gasteiger partial charge in [-0.1, -0.05) is 13.3 Å². The molecule has 0 unspecified atom stereocenters. The smallest absolute Gasteiger partial charge is 0.341 e. The van der Waals surface area contributed by atoms with Gasteiger partial charge in [-0.3, -0.25) is 9.59 Å². The lowest BCUT2D eigenvalue weighted by atomic mass is 10.1. The Hall–Kier alpha value is -1.89. The van der Waals surface area contributed by atoms with E-state index in [1.54, 1.807) is 13.8 Å². The van der Waals surface area contributed by atoms with Crippen molar-refractivity contribution in [3.05, 3.63) is 16.0 Å². The largest absolute Gasteiger partial charge is 0.462 e. The minimum Gasteiger partial charge on any atom is -0.462 e. The van der Waals surface area contributed by atoms with Crippen molar-refractivity contribution in [3.63, 3.8) is 0 Å². The predicted molar refractivity (Wildman–Crippen MR) is 93.6 cm³/mol. The summed E-state index contributed by atoms with van der Waals surface area (Å²) in [4.78, 5) is 37.1. The number of ether oxygens (including phenoxy) is 1. The van der Waals surface area contributed by atoms with Gasteiger partial charge in [0, 0.05) is 12.5 Å². The van der Waals surface area contributed by atoms with Gasteiger partial charge >= 0.3 is 5.97 Å². The maximum absolute atomic E-state index is 12.4. The molecule has 2 amide bonds. The number of carbonyl (C=O) groups is 3. The molecule has 0 radical (unpaired) electrons. The SMILES string of the molecule is CCCCNC(=O)c1sc(NC(=O)C2CC2)c(C(=O)OCC)c1C. The van der Waals surface area contributed by atoms with E-state index in [2.05, 4.69) is 10.6 Å². The summed E-state index contributed by atoms with van der Waals surface area (Å²) < 4.78 is 5.08. The Labute approximate surface area is 146 Å². The van der Waals surface area contributed by atoms with Crippen molar-refractivity contribution < 1.29 is 19.1 Å². The summed E-state index contributed by atoms with van der Waals surface area (Å²) in [7, 11) is 0. The molecule has 1 aliphatic carbocycles. The van der Waals surface area contributed by atoms with Gasteiger partial charge in [0.15, 0.2) is 0 Å². The van der Waals surface area contributed by atoms with Gasteiger partial charge in [0.25, 0.3) is 5.91 Å². The molecule has 1 heterocycles. The quantitative estimate of drug-likeness (QED) is 0.556. The maximum Gasteiger partial charge on any atom is 0.341 e. The van der Waals surface area contributed by atoms with E-state index in [9.17, 15) is 14.4 Å². The zero-order valence-corrected chi connectivity index (χ0v) is 15.2. The summed E-state index contributed by atoms with van der Waals surface area (Å²) in [6.45, 7) is 6.31. The Kier molecular flexibility index (Phi) is 6.36. The number of esters is 1. The molecular weight excluding hydrogens is 328 g/mol. The highest BCUT2D eigenvalue weighted by Gasteiger charge is 2.32. The van der Waals surface area contributed by atoms with Crippen molar-refractivity contribution >= 4 is 34.1 Å². The van der Waals surface area contributed by atoms with Crippen LogP contribution < -0.4 is 10.6 Å². The Morgan fingerprint density at radius 1 is 1.25 bits per heavy atom. The molecule has 2 rings (SSSR count). The topological polar surface area (TPSA) is 84.5 Å². The molecular formula is C17H24N2O4S. The third-order valence-electron chi connectivity index (χ3n) is 3.83. The first kappa shape index (κ1) is 18.4. The number of anilines is 1. The lowest BCUT2D eigenvalue weighted by Gasteiger charge is -2.06. The van der Waals surface area contributed by atoms with Crippen LogP contribution in [0.15, 0.2) is 0 Å². The zero-order valence-electron chi connectivity index (χ0n) is 14.4. The molecule has 1 aromatic heterocycles. The van der Waals surface area contributed by atoms with Crippen molar-refractivity contribution in [2.24, 2.45) is 5.92 Å². The Morgan fingerprint density at radius 3 is 2.54 bits per heavy atom. The van der Waals surface area contributed by atoms with E-state index in [0.29, 0.717) is 22.0 Å². The van der Waals surface area contributed by atoms with Gasteiger partial charge in [-0.05, 0) is 38.7 Å². The van der Waals surface area contributed by atoms with Crippen molar-refractivity contribution in [3.8, 4) is 0 Å². The number of carbonyl (C=O) groups excluding carboxylic acids is 3. The van der Waals surface area contributed by atoms with Gasteiger partial charge in [0.05, 0.1) is 17.0 Å². The molecule has 0 spiro atoms. The summed E-state index contributed by atoms with van der Waals surface area (Å²) in [6.07, 6.45) is 3.62. The highest BCUT2D eigenvalue weighted by atomic mass is 32.1. The van der Waals surface area contributed by atoms with Crippen LogP contribution in [0, 0.1) is 12.8 Å². The summed E-state index contributed by atoms with van der Waals surface area (Å²) in [6, 6.07) is 0. The van der Waals surface area contributed by atoms with Crippen LogP contribution in [0.5, 0.6) is 0 Å². The highest BCUT2D eigenvalue weighted by molar-refractivity contribution is 7.18. The van der Waals surface area contributed by atoms with Crippen LogP contribution in [-0.4, -0.2) is 30.9 Å². The first-order chi connectivity index (χ1) is 11.5. The molecule has 1 aliphatic rings. The maximum atomic E-state index is 12.4. The van der Waals surface area contributed by atoms with Crippen molar-refractivity contribution in [2.75, 3.05) is 18.5 Å². The van der Waals surface area contributed by atoms with Gasteiger partial charge < -0.3 is 15.4 Å². The highest BCUT2D eigenvalue weighted by Crippen LogP contribution is 2.36. The van der Waals surface area contributed by atoms with Crippen LogP contribution in [-0.2, 0) is 9.53 Å². The molecule has 0 aliphatic heterocycles. The van der Waals surface area contributed by atoms with Crippen molar-refractivity contribution in [1.82, 2.24) is 5.32 Å². The molecule has 0 aromatic carbocycles. The number of nitrogens with one attached hydrogen (secondary N) is 2. The van der Waals surface area contributed by atoms with E-state index in [1.165, 1.54) is 0 Å². The second kappa shape index (κ2) is 8.28. The first-order valence-corrected chi connectivity index (χ1v) is 9.20. The number of rotatable bonds is 8. The van der Waals surface area contributed by atoms with Gasteiger partial charge in [0.1, 0.15) is 5.00 Å². The molecule has 132 valence electrons. The molecule has 6 nitrogen and oxygen atoms in total. The molecule has 1 fully saturated rings. The number of hydrogen-bond acceptors (Lipinski definition) is 5. The number of amides is 2. The Bertz CT molecular complexity index is 635. The normalized spacial score (nSPS) is 13.5. The molecule has 0 bridgehead atoms. The minimum absolute atomic E-state index is 0.0179. The molecule has 0 atom stereocenters. The van der Waals surface area contributed by atoms with E-state index in [4.69, 9.17) is 4.74 Å². The second-order valence-electron chi connectivity index (χ2n) is 5.85. The van der Waals surface area contributed by atoms with Crippen molar-refractivity contribution in [2.45, 2.75) is 46.5 Å². The predicted octanol–water partition coefficient (Wildman–Crippen LogP) is 3.11. The summed E-state index contributed by atoms with van der Waals surface area (Å²) in [5.41, 5.74) is 0.843. The fraction of sp³-hybridized carbons (Fsp3) is 0.588. The van der Waals surface area contributed by atoms with Crippen molar-refractivity contribution in [1.29, 1.82) is 0 Å². The van der Waals surface area contributed by atoms with Gasteiger partial charge in [-0.15, -0.1) is 11.3 Å². The molecule has 7 heteroatoms. The van der Waals surface area contributed by atoms with E-state index in [-0.39, 0.29) is 29.9 Å². The van der Waals surface area contributed by atoms with Crippen LogP contribution >= 0.6 is 11.3 Å². The van der Waals surface area contributed by atoms with E-state index in [1.807, 2.05) is 6.92 Å². The molecule has 1 saturated carbocycles. The average molecular weight is 352 g/mol. The zero-order chi connectivity index (χ0) is 17.7. The minimum atomic E-state index is -0.509. The third kappa shape index (κ3) is 4.35. The lowest BCUT2D eigenvalue weighted by molar-refractivity contribution is -0.117. The molecule has 0 saturated heterocycles. The number of thiophene rings is 1. The van der Waals surface area contributed by atoms with Crippen LogP contribution in [0.25, 0.3) is 0 Å². The lowest BCUT2D eigenvalue weighted by Crippen LogP contribution is -2.24. The Morgan fingerprint density at radius 2 is 1.96 bits per heavy atom. The van der Waals surface area contributed by atoms with Gasteiger partial charge in [-0.2, -0.15) is 0 Å². The summed E-state index contributed by atoms with van der Waals surface area (Å²) >= 11 is 1.14. The molecule has 1 aromatic rings. The number of unbranched alkanes of at least 4 members (excludes halogenated alkanes) is 1. The van der Waals surface area contributed by atoms with Crippen LogP contribution in [0.4, 0.5) is 5.00 Å².